The number of morpholine rings is 1. The number of halogens is 2. The fraction of sp³-hybridized carbons (Fsp3) is 0.241. The third-order valence-corrected chi connectivity index (χ3v) is 7.00. The van der Waals surface area contributed by atoms with E-state index in [-0.39, 0.29) is 11.7 Å². The Balaban J connectivity index is 1.28. The molecule has 1 fully saturated rings. The lowest BCUT2D eigenvalue weighted by Crippen LogP contribution is -2.41. The summed E-state index contributed by atoms with van der Waals surface area (Å²) < 4.78 is 17.4. The van der Waals surface area contributed by atoms with Crippen LogP contribution in [0.25, 0.3) is 11.5 Å². The highest BCUT2D eigenvalue weighted by Gasteiger charge is 2.24. The summed E-state index contributed by atoms with van der Waals surface area (Å²) in [6.07, 6.45) is 0. The van der Waals surface area contributed by atoms with Gasteiger partial charge in [0, 0.05) is 40.8 Å². The molecule has 1 saturated heterocycles. The van der Waals surface area contributed by atoms with Crippen LogP contribution in [-0.4, -0.2) is 42.7 Å². The summed E-state index contributed by atoms with van der Waals surface area (Å²) in [5, 5.41) is 14.4. The van der Waals surface area contributed by atoms with E-state index in [9.17, 15) is 5.26 Å². The van der Waals surface area contributed by atoms with Crippen molar-refractivity contribution in [3.05, 3.63) is 99.7 Å². The highest BCUT2D eigenvalue weighted by molar-refractivity contribution is 6.31. The lowest BCUT2D eigenvalue weighted by molar-refractivity contribution is 0.0186. The zero-order valence-corrected chi connectivity index (χ0v) is 22.1. The molecule has 3 aromatic carbocycles. The third kappa shape index (κ3) is 6.29. The number of hydrogen-bond donors (Lipinski definition) is 1. The van der Waals surface area contributed by atoms with Gasteiger partial charge in [0.05, 0.1) is 19.3 Å². The second kappa shape index (κ2) is 12.3. The third-order valence-electron chi connectivity index (χ3n) is 6.38. The van der Waals surface area contributed by atoms with Crippen molar-refractivity contribution in [3.8, 4) is 23.3 Å². The average Bonchev–Trinajstić information content (AvgIpc) is 3.38. The predicted molar refractivity (Wildman–Crippen MR) is 148 cm³/mol. The van der Waals surface area contributed by atoms with Crippen LogP contribution in [0.5, 0.6) is 5.75 Å². The van der Waals surface area contributed by atoms with Crippen LogP contribution < -0.4 is 10.1 Å². The van der Waals surface area contributed by atoms with Crippen LogP contribution in [0.1, 0.15) is 22.9 Å². The molecule has 0 saturated carbocycles. The van der Waals surface area contributed by atoms with E-state index in [1.807, 2.05) is 72.8 Å². The summed E-state index contributed by atoms with van der Waals surface area (Å²) in [5.74, 6) is 1.39. The molecular formula is C29H26Cl2N4O3. The fourth-order valence-electron chi connectivity index (χ4n) is 4.33. The molecule has 7 nitrogen and oxygen atoms in total. The van der Waals surface area contributed by atoms with Crippen LogP contribution in [0.4, 0.5) is 5.88 Å². The highest BCUT2D eigenvalue weighted by atomic mass is 35.5. The molecule has 1 N–H and O–H groups in total. The first kappa shape index (κ1) is 26.1. The van der Waals surface area contributed by atoms with Crippen molar-refractivity contribution in [3.63, 3.8) is 0 Å². The van der Waals surface area contributed by atoms with Gasteiger partial charge in [-0.2, -0.15) is 10.2 Å². The maximum atomic E-state index is 9.70. The van der Waals surface area contributed by atoms with Gasteiger partial charge in [0.15, 0.2) is 0 Å². The quantitative estimate of drug-likeness (QED) is 0.252. The van der Waals surface area contributed by atoms with Gasteiger partial charge in [-0.25, -0.2) is 0 Å². The Morgan fingerprint density at radius 3 is 2.45 bits per heavy atom. The second-order valence-electron chi connectivity index (χ2n) is 8.81. The van der Waals surface area contributed by atoms with Crippen LogP contribution in [0.3, 0.4) is 0 Å². The molecule has 1 atom stereocenters. The van der Waals surface area contributed by atoms with Gasteiger partial charge in [0.2, 0.25) is 17.5 Å². The molecule has 194 valence electrons. The summed E-state index contributed by atoms with van der Waals surface area (Å²) in [7, 11) is 0. The first-order valence-electron chi connectivity index (χ1n) is 12.3. The predicted octanol–water partition coefficient (Wildman–Crippen LogP) is 6.58. The monoisotopic (exact) mass is 548 g/mol. The number of benzene rings is 3. The first-order valence-corrected chi connectivity index (χ1v) is 13.0. The lowest BCUT2D eigenvalue weighted by atomic mass is 10.0. The van der Waals surface area contributed by atoms with E-state index in [2.05, 4.69) is 21.3 Å². The topological polar surface area (TPSA) is 83.5 Å². The molecule has 0 bridgehead atoms. The minimum atomic E-state index is 0.0470. The standard InChI is InChI=1S/C29H26Cl2N4O3/c30-23-9-5-20(6-10-23)27(35-13-15-36-16-14-35)18-33-29-26(17-32)34-28(38-29)21-7-11-24(12-8-21)37-19-22-3-1-2-4-25(22)31/h1-12,27,33H,13-16,18-19H2/t27-/m1/s1. The summed E-state index contributed by atoms with van der Waals surface area (Å²) in [6, 6.07) is 25.0. The summed E-state index contributed by atoms with van der Waals surface area (Å²) in [5.41, 5.74) is 2.97. The van der Waals surface area contributed by atoms with Crippen molar-refractivity contribution in [2.75, 3.05) is 38.2 Å². The van der Waals surface area contributed by atoms with Crippen LogP contribution in [0, 0.1) is 11.3 Å². The molecule has 2 heterocycles. The zero-order valence-electron chi connectivity index (χ0n) is 20.6. The van der Waals surface area contributed by atoms with Crippen LogP contribution in [0.2, 0.25) is 10.0 Å². The number of hydrogen-bond acceptors (Lipinski definition) is 7. The average molecular weight is 549 g/mol. The van der Waals surface area contributed by atoms with Crippen LogP contribution in [-0.2, 0) is 11.3 Å². The number of nitrogens with one attached hydrogen (secondary N) is 1. The maximum Gasteiger partial charge on any atom is 0.232 e. The number of rotatable bonds is 9. The minimum Gasteiger partial charge on any atom is -0.489 e. The number of nitrogens with zero attached hydrogens (tertiary/aromatic N) is 3. The van der Waals surface area contributed by atoms with Gasteiger partial charge in [-0.05, 0) is 48.0 Å². The SMILES string of the molecule is N#Cc1nc(-c2ccc(OCc3ccccc3Cl)cc2)oc1NC[C@H](c1ccc(Cl)cc1)N1CCOCC1. The Kier molecular flexibility index (Phi) is 8.47. The lowest BCUT2D eigenvalue weighted by Gasteiger charge is -2.34. The molecular weight excluding hydrogens is 523 g/mol. The Morgan fingerprint density at radius 2 is 1.74 bits per heavy atom. The van der Waals surface area contributed by atoms with Gasteiger partial charge < -0.3 is 19.2 Å². The number of nitriles is 1. The van der Waals surface area contributed by atoms with Crippen molar-refractivity contribution < 1.29 is 13.9 Å². The molecule has 1 aromatic heterocycles. The number of anilines is 1. The van der Waals surface area contributed by atoms with Gasteiger partial charge >= 0.3 is 0 Å². The molecule has 0 radical (unpaired) electrons. The Morgan fingerprint density at radius 1 is 1.00 bits per heavy atom. The Hall–Kier alpha value is -3.54. The molecule has 1 aliphatic rings. The first-order chi connectivity index (χ1) is 18.6. The van der Waals surface area contributed by atoms with E-state index in [4.69, 9.17) is 37.1 Å². The number of oxazole rings is 1. The van der Waals surface area contributed by atoms with Crippen molar-refractivity contribution in [2.45, 2.75) is 12.6 Å². The highest BCUT2D eigenvalue weighted by Crippen LogP contribution is 2.29. The van der Waals surface area contributed by atoms with Gasteiger partial charge in [0.25, 0.3) is 0 Å². The van der Waals surface area contributed by atoms with E-state index in [0.717, 1.165) is 29.8 Å². The smallest absolute Gasteiger partial charge is 0.232 e. The second-order valence-corrected chi connectivity index (χ2v) is 9.65. The van der Waals surface area contributed by atoms with Gasteiger partial charge in [-0.1, -0.05) is 53.5 Å². The summed E-state index contributed by atoms with van der Waals surface area (Å²) >= 11 is 12.3. The van der Waals surface area contributed by atoms with Gasteiger partial charge in [-0.3, -0.25) is 4.90 Å². The Labute approximate surface area is 231 Å². The van der Waals surface area contributed by atoms with E-state index in [1.165, 1.54) is 0 Å². The fourth-order valence-corrected chi connectivity index (χ4v) is 4.65. The van der Waals surface area contributed by atoms with E-state index in [0.29, 0.717) is 53.9 Å². The number of aromatic nitrogens is 1. The van der Waals surface area contributed by atoms with Crippen LogP contribution >= 0.6 is 23.2 Å². The number of ether oxygens (including phenoxy) is 2. The molecule has 5 rings (SSSR count). The van der Waals surface area contributed by atoms with E-state index in [1.54, 1.807) is 0 Å². The van der Waals surface area contributed by atoms with Gasteiger partial charge in [-0.15, -0.1) is 0 Å². The molecule has 9 heteroatoms. The van der Waals surface area contributed by atoms with Crippen molar-refractivity contribution in [1.82, 2.24) is 9.88 Å². The van der Waals surface area contributed by atoms with E-state index >= 15 is 0 Å². The molecule has 0 aliphatic carbocycles. The molecule has 0 amide bonds. The molecule has 0 spiro atoms. The molecule has 1 aliphatic heterocycles. The van der Waals surface area contributed by atoms with Crippen molar-refractivity contribution in [1.29, 1.82) is 5.26 Å². The molecule has 38 heavy (non-hydrogen) atoms. The summed E-state index contributed by atoms with van der Waals surface area (Å²) in [4.78, 5) is 6.76. The Bertz CT molecular complexity index is 1390. The van der Waals surface area contributed by atoms with Gasteiger partial charge in [0.1, 0.15) is 18.4 Å². The van der Waals surface area contributed by atoms with E-state index < -0.39 is 0 Å². The maximum absolute atomic E-state index is 9.70. The van der Waals surface area contributed by atoms with Crippen molar-refractivity contribution >= 4 is 29.1 Å². The zero-order chi connectivity index (χ0) is 26.3. The minimum absolute atomic E-state index is 0.0470. The molecule has 4 aromatic rings. The summed E-state index contributed by atoms with van der Waals surface area (Å²) in [6.45, 7) is 3.87. The van der Waals surface area contributed by atoms with Crippen molar-refractivity contribution in [2.24, 2.45) is 0 Å². The largest absolute Gasteiger partial charge is 0.489 e. The normalized spacial score (nSPS) is 14.6. The molecule has 0 unspecified atom stereocenters. The van der Waals surface area contributed by atoms with Crippen LogP contribution in [0.15, 0.2) is 77.2 Å².